The number of hydrogen-bond donors (Lipinski definition) is 0. The molecule has 2 fully saturated rings. The second kappa shape index (κ2) is 12.6. The maximum absolute atomic E-state index is 12.9. The van der Waals surface area contributed by atoms with E-state index in [2.05, 4.69) is 26.9 Å². The Bertz CT molecular complexity index is 889. The molecule has 184 valence electrons. The van der Waals surface area contributed by atoms with Crippen LogP contribution in [0.2, 0.25) is 5.02 Å². The molecule has 0 spiro atoms. The molecule has 1 amide bonds. The minimum Gasteiger partial charge on any atom is -0.379 e. The number of likely N-dealkylation sites (tertiary alicyclic amines) is 1. The molecule has 2 aromatic rings. The van der Waals surface area contributed by atoms with E-state index in [0.29, 0.717) is 24.9 Å². The highest BCUT2D eigenvalue weighted by molar-refractivity contribution is 6.30. The number of carbonyl (C=O) groups is 1. The van der Waals surface area contributed by atoms with E-state index < -0.39 is 0 Å². The van der Waals surface area contributed by atoms with Crippen LogP contribution in [0.15, 0.2) is 48.7 Å². The lowest BCUT2D eigenvalue weighted by atomic mass is 9.86. The van der Waals surface area contributed by atoms with Gasteiger partial charge in [0.1, 0.15) is 0 Å². The molecule has 2 saturated heterocycles. The van der Waals surface area contributed by atoms with E-state index in [1.54, 1.807) is 0 Å². The number of benzene rings is 1. The monoisotopic (exact) mass is 484 g/mol. The highest BCUT2D eigenvalue weighted by atomic mass is 35.5. The van der Waals surface area contributed by atoms with Crippen LogP contribution in [-0.4, -0.2) is 84.6 Å². The summed E-state index contributed by atoms with van der Waals surface area (Å²) in [4.78, 5) is 24.3. The number of likely N-dealkylation sites (N-methyl/N-ethyl adjacent to an activating group) is 1. The van der Waals surface area contributed by atoms with Crippen LogP contribution in [0.5, 0.6) is 0 Å². The number of carbonyl (C=O) groups excluding carboxylic acids is 1. The van der Waals surface area contributed by atoms with Gasteiger partial charge in [0, 0.05) is 75.6 Å². The normalized spacial score (nSPS) is 21.9. The number of amides is 1. The molecule has 2 aliphatic heterocycles. The largest absolute Gasteiger partial charge is 0.379 e. The van der Waals surface area contributed by atoms with Crippen LogP contribution in [0.4, 0.5) is 0 Å². The van der Waals surface area contributed by atoms with E-state index >= 15 is 0 Å². The van der Waals surface area contributed by atoms with Crippen molar-refractivity contribution < 1.29 is 9.53 Å². The summed E-state index contributed by atoms with van der Waals surface area (Å²) in [7, 11) is 1.92. The fourth-order valence-corrected chi connectivity index (χ4v) is 5.34. The minimum atomic E-state index is 0.228. The molecule has 34 heavy (non-hydrogen) atoms. The second-order valence-corrected chi connectivity index (χ2v) is 9.99. The van der Waals surface area contributed by atoms with Crippen LogP contribution in [0, 0.1) is 5.92 Å². The Balaban J connectivity index is 1.33. The van der Waals surface area contributed by atoms with Gasteiger partial charge in [-0.1, -0.05) is 29.8 Å². The number of ether oxygens (including phenoxy) is 1. The van der Waals surface area contributed by atoms with Gasteiger partial charge in [0.25, 0.3) is 0 Å². The summed E-state index contributed by atoms with van der Waals surface area (Å²) >= 11 is 6.07. The van der Waals surface area contributed by atoms with Crippen LogP contribution in [0.1, 0.15) is 30.5 Å². The molecule has 6 nitrogen and oxygen atoms in total. The third-order valence-corrected chi connectivity index (χ3v) is 7.45. The average Bonchev–Trinajstić information content (AvgIpc) is 2.88. The van der Waals surface area contributed by atoms with Crippen molar-refractivity contribution in [3.05, 3.63) is 64.9 Å². The summed E-state index contributed by atoms with van der Waals surface area (Å²) in [5.41, 5.74) is 2.32. The second-order valence-electron chi connectivity index (χ2n) is 9.55. The van der Waals surface area contributed by atoms with Crippen molar-refractivity contribution >= 4 is 17.5 Å². The highest BCUT2D eigenvalue weighted by Gasteiger charge is 2.34. The number of hydrogen-bond acceptors (Lipinski definition) is 5. The predicted molar refractivity (Wildman–Crippen MR) is 136 cm³/mol. The Morgan fingerprint density at radius 3 is 2.68 bits per heavy atom. The lowest BCUT2D eigenvalue weighted by molar-refractivity contribution is -0.130. The Hall–Kier alpha value is -1.99. The molecule has 1 aromatic carbocycles. The number of piperidine rings is 1. The molecule has 1 aromatic heterocycles. The Morgan fingerprint density at radius 1 is 1.15 bits per heavy atom. The summed E-state index contributed by atoms with van der Waals surface area (Å²) in [6, 6.07) is 14.6. The summed E-state index contributed by atoms with van der Waals surface area (Å²) in [5.74, 6) is 0.707. The van der Waals surface area contributed by atoms with E-state index in [1.165, 1.54) is 5.56 Å². The average molecular weight is 485 g/mol. The van der Waals surface area contributed by atoms with Crippen LogP contribution >= 0.6 is 11.6 Å². The summed E-state index contributed by atoms with van der Waals surface area (Å²) in [6.07, 6.45) is 5.26. The maximum atomic E-state index is 12.9. The van der Waals surface area contributed by atoms with Gasteiger partial charge in [-0.2, -0.15) is 0 Å². The molecule has 2 atom stereocenters. The first-order valence-corrected chi connectivity index (χ1v) is 12.9. The Kier molecular flexibility index (Phi) is 9.33. The molecular formula is C27H37ClN4O2. The van der Waals surface area contributed by atoms with Crippen molar-refractivity contribution in [2.75, 3.05) is 53.0 Å². The van der Waals surface area contributed by atoms with E-state index in [-0.39, 0.29) is 5.91 Å². The van der Waals surface area contributed by atoms with Gasteiger partial charge in [0.2, 0.25) is 5.91 Å². The molecule has 2 aliphatic rings. The van der Waals surface area contributed by atoms with E-state index in [1.807, 2.05) is 48.5 Å². The summed E-state index contributed by atoms with van der Waals surface area (Å²) in [5, 5.41) is 0.776. The zero-order valence-corrected chi connectivity index (χ0v) is 21.0. The fraction of sp³-hybridized carbons (Fsp3) is 0.556. The smallest absolute Gasteiger partial charge is 0.222 e. The standard InChI is InChI=1S/C27H37ClN4O2/c1-30(14-11-25-4-2-3-13-29-25)27(33)10-7-23-21-31(20-22-5-8-24(28)9-6-22)15-12-26(23)32-16-18-34-19-17-32/h2-6,8-9,13,23,26H,7,10-12,14-21H2,1H3/t23-,26+/m1/s1. The number of rotatable bonds is 9. The van der Waals surface area contributed by atoms with Crippen LogP contribution in [0.25, 0.3) is 0 Å². The SMILES string of the molecule is CN(CCc1ccccn1)C(=O)CC[C@@H]1CN(Cc2ccc(Cl)cc2)CC[C@@H]1N1CCOCC1. The predicted octanol–water partition coefficient (Wildman–Crippen LogP) is 3.74. The van der Waals surface area contributed by atoms with E-state index in [0.717, 1.165) is 75.9 Å². The fourth-order valence-electron chi connectivity index (χ4n) is 5.21. The molecular weight excluding hydrogens is 448 g/mol. The van der Waals surface area contributed by atoms with Crippen molar-refractivity contribution in [2.24, 2.45) is 5.92 Å². The van der Waals surface area contributed by atoms with Gasteiger partial charge in [-0.15, -0.1) is 0 Å². The quantitative estimate of drug-likeness (QED) is 0.542. The van der Waals surface area contributed by atoms with Gasteiger partial charge in [0.15, 0.2) is 0 Å². The molecule has 0 aliphatic carbocycles. The molecule has 0 unspecified atom stereocenters. The van der Waals surface area contributed by atoms with E-state index in [4.69, 9.17) is 16.3 Å². The van der Waals surface area contributed by atoms with Crippen LogP contribution in [0.3, 0.4) is 0 Å². The first-order chi connectivity index (χ1) is 16.6. The highest BCUT2D eigenvalue weighted by Crippen LogP contribution is 2.28. The van der Waals surface area contributed by atoms with Gasteiger partial charge < -0.3 is 9.64 Å². The van der Waals surface area contributed by atoms with Gasteiger partial charge in [0.05, 0.1) is 13.2 Å². The van der Waals surface area contributed by atoms with Crippen molar-refractivity contribution in [3.63, 3.8) is 0 Å². The molecule has 0 saturated carbocycles. The number of nitrogens with zero attached hydrogens (tertiary/aromatic N) is 4. The molecule has 7 heteroatoms. The van der Waals surface area contributed by atoms with Crippen LogP contribution in [-0.2, 0) is 22.5 Å². The number of halogens is 1. The third kappa shape index (κ3) is 7.25. The van der Waals surface area contributed by atoms with Gasteiger partial charge in [-0.25, -0.2) is 0 Å². The third-order valence-electron chi connectivity index (χ3n) is 7.20. The molecule has 4 rings (SSSR count). The zero-order valence-electron chi connectivity index (χ0n) is 20.2. The lowest BCUT2D eigenvalue weighted by Gasteiger charge is -2.45. The first-order valence-electron chi connectivity index (χ1n) is 12.5. The van der Waals surface area contributed by atoms with E-state index in [9.17, 15) is 4.79 Å². The molecule has 0 N–H and O–H groups in total. The van der Waals surface area contributed by atoms with Crippen LogP contribution < -0.4 is 0 Å². The lowest BCUT2D eigenvalue weighted by Crippen LogP contribution is -2.54. The number of pyridine rings is 1. The molecule has 0 radical (unpaired) electrons. The summed E-state index contributed by atoms with van der Waals surface area (Å²) < 4.78 is 5.60. The van der Waals surface area contributed by atoms with Gasteiger partial charge in [-0.3, -0.25) is 19.6 Å². The van der Waals surface area contributed by atoms with Gasteiger partial charge >= 0.3 is 0 Å². The van der Waals surface area contributed by atoms with Crippen molar-refractivity contribution in [2.45, 2.75) is 38.3 Å². The topological polar surface area (TPSA) is 48.9 Å². The van der Waals surface area contributed by atoms with Crippen molar-refractivity contribution in [3.8, 4) is 0 Å². The Labute approximate surface area is 208 Å². The number of aromatic nitrogens is 1. The van der Waals surface area contributed by atoms with Gasteiger partial charge in [-0.05, 0) is 55.1 Å². The molecule has 3 heterocycles. The molecule has 0 bridgehead atoms. The van der Waals surface area contributed by atoms with Crippen molar-refractivity contribution in [1.82, 2.24) is 19.7 Å². The van der Waals surface area contributed by atoms with Crippen molar-refractivity contribution in [1.29, 1.82) is 0 Å². The maximum Gasteiger partial charge on any atom is 0.222 e. The first kappa shape index (κ1) is 25.1. The minimum absolute atomic E-state index is 0.228. The Morgan fingerprint density at radius 2 is 1.94 bits per heavy atom. The summed E-state index contributed by atoms with van der Waals surface area (Å²) in [6.45, 7) is 7.36. The number of morpholine rings is 1. The zero-order chi connectivity index (χ0) is 23.8.